The second kappa shape index (κ2) is 10.8. The van der Waals surface area contributed by atoms with Crippen LogP contribution in [0.2, 0.25) is 0 Å². The van der Waals surface area contributed by atoms with E-state index < -0.39 is 11.9 Å². The molecule has 1 atom stereocenters. The molecule has 35 heavy (non-hydrogen) atoms. The van der Waals surface area contributed by atoms with Gasteiger partial charge < -0.3 is 16.4 Å². The summed E-state index contributed by atoms with van der Waals surface area (Å²) in [5.74, 6) is -0.980. The molecule has 0 spiro atoms. The molecule has 0 saturated heterocycles. The van der Waals surface area contributed by atoms with Crippen LogP contribution >= 0.6 is 11.5 Å². The molecule has 8 nitrogen and oxygen atoms in total. The quantitative estimate of drug-likeness (QED) is 0.532. The molecule has 2 aromatic rings. The standard InChI is InChI=1S/C26H35N5O3S/c1-15-12-13-16(2)20(14-15)31(17(3)24(32)28-18-8-4-5-9-18)26(34)23-21(27)22(30-35-23)25(33)29-19-10-6-7-11-19/h12-14,17-19H,4-11,27H2,1-3H3,(H,28,32)(H,29,33)/t17-/m1/s1. The van der Waals surface area contributed by atoms with E-state index >= 15 is 0 Å². The molecule has 0 aliphatic heterocycles. The summed E-state index contributed by atoms with van der Waals surface area (Å²) in [6.07, 6.45) is 8.17. The summed E-state index contributed by atoms with van der Waals surface area (Å²) in [7, 11) is 0. The van der Waals surface area contributed by atoms with Gasteiger partial charge in [0.25, 0.3) is 11.8 Å². The lowest BCUT2D eigenvalue weighted by Crippen LogP contribution is -2.50. The van der Waals surface area contributed by atoms with Crippen molar-refractivity contribution >= 4 is 40.6 Å². The Kier molecular flexibility index (Phi) is 7.74. The van der Waals surface area contributed by atoms with Gasteiger partial charge >= 0.3 is 0 Å². The zero-order valence-corrected chi connectivity index (χ0v) is 21.5. The van der Waals surface area contributed by atoms with Crippen LogP contribution in [0.25, 0.3) is 0 Å². The number of anilines is 2. The van der Waals surface area contributed by atoms with Crippen LogP contribution in [0, 0.1) is 13.8 Å². The Balaban J connectivity index is 1.63. The fourth-order valence-electron chi connectivity index (χ4n) is 5.03. The highest BCUT2D eigenvalue weighted by Crippen LogP contribution is 2.31. The molecule has 1 heterocycles. The van der Waals surface area contributed by atoms with Crippen LogP contribution in [-0.2, 0) is 4.79 Å². The molecule has 188 valence electrons. The summed E-state index contributed by atoms with van der Waals surface area (Å²) in [5.41, 5.74) is 8.94. The van der Waals surface area contributed by atoms with Gasteiger partial charge in [0, 0.05) is 17.8 Å². The molecule has 2 fully saturated rings. The smallest absolute Gasteiger partial charge is 0.273 e. The second-order valence-electron chi connectivity index (χ2n) is 9.86. The van der Waals surface area contributed by atoms with Crippen molar-refractivity contribution in [3.05, 3.63) is 39.9 Å². The minimum atomic E-state index is -0.763. The van der Waals surface area contributed by atoms with E-state index in [-0.39, 0.29) is 40.2 Å². The highest BCUT2D eigenvalue weighted by molar-refractivity contribution is 7.09. The number of nitrogens with two attached hydrogens (primary N) is 1. The first-order valence-electron chi connectivity index (χ1n) is 12.5. The summed E-state index contributed by atoms with van der Waals surface area (Å²) >= 11 is 0.907. The van der Waals surface area contributed by atoms with E-state index in [2.05, 4.69) is 15.0 Å². The van der Waals surface area contributed by atoms with E-state index in [1.54, 1.807) is 6.92 Å². The number of carbonyl (C=O) groups excluding carboxylic acids is 3. The van der Waals surface area contributed by atoms with Crippen molar-refractivity contribution in [2.24, 2.45) is 0 Å². The lowest BCUT2D eigenvalue weighted by molar-refractivity contribution is -0.122. The average molecular weight is 498 g/mol. The zero-order valence-electron chi connectivity index (χ0n) is 20.7. The Hall–Kier alpha value is -2.94. The van der Waals surface area contributed by atoms with Gasteiger partial charge in [-0.2, -0.15) is 4.37 Å². The normalized spacial score (nSPS) is 17.3. The predicted molar refractivity (Wildman–Crippen MR) is 139 cm³/mol. The van der Waals surface area contributed by atoms with E-state index in [4.69, 9.17) is 5.73 Å². The van der Waals surface area contributed by atoms with Gasteiger partial charge in [0.05, 0.1) is 5.69 Å². The number of aromatic nitrogens is 1. The molecule has 0 radical (unpaired) electrons. The third kappa shape index (κ3) is 5.50. The first-order chi connectivity index (χ1) is 16.8. The van der Waals surface area contributed by atoms with Crippen molar-refractivity contribution in [1.82, 2.24) is 15.0 Å². The monoisotopic (exact) mass is 497 g/mol. The number of hydrogen-bond acceptors (Lipinski definition) is 6. The summed E-state index contributed by atoms with van der Waals surface area (Å²) in [6.45, 7) is 5.59. The molecule has 0 bridgehead atoms. The van der Waals surface area contributed by atoms with Gasteiger partial charge in [-0.25, -0.2) is 0 Å². The maximum atomic E-state index is 13.9. The van der Waals surface area contributed by atoms with Crippen molar-refractivity contribution < 1.29 is 14.4 Å². The van der Waals surface area contributed by atoms with E-state index in [0.717, 1.165) is 74.0 Å². The molecule has 2 aliphatic rings. The van der Waals surface area contributed by atoms with Gasteiger partial charge in [-0.1, -0.05) is 37.8 Å². The summed E-state index contributed by atoms with van der Waals surface area (Å²) in [5, 5.41) is 6.09. The van der Waals surface area contributed by atoms with Crippen LogP contribution in [-0.4, -0.2) is 40.2 Å². The van der Waals surface area contributed by atoms with E-state index in [1.165, 1.54) is 4.90 Å². The van der Waals surface area contributed by atoms with Crippen LogP contribution in [0.4, 0.5) is 11.4 Å². The fourth-order valence-corrected chi connectivity index (χ4v) is 5.77. The number of nitrogen functional groups attached to an aromatic ring is 1. The van der Waals surface area contributed by atoms with Crippen molar-refractivity contribution in [2.45, 2.75) is 90.3 Å². The predicted octanol–water partition coefficient (Wildman–Crippen LogP) is 4.11. The Morgan fingerprint density at radius 1 is 1.03 bits per heavy atom. The molecular formula is C26H35N5O3S. The Labute approximate surface area is 210 Å². The van der Waals surface area contributed by atoms with E-state index in [9.17, 15) is 14.4 Å². The zero-order chi connectivity index (χ0) is 25.1. The number of aryl methyl sites for hydroxylation is 2. The molecule has 3 amide bonds. The van der Waals surface area contributed by atoms with Crippen molar-refractivity contribution in [1.29, 1.82) is 0 Å². The third-order valence-electron chi connectivity index (χ3n) is 7.14. The van der Waals surface area contributed by atoms with Gasteiger partial charge in [0.2, 0.25) is 5.91 Å². The Bertz CT molecular complexity index is 1100. The molecule has 4 N–H and O–H groups in total. The number of rotatable bonds is 7. The van der Waals surface area contributed by atoms with Gasteiger partial charge in [-0.05, 0) is 75.2 Å². The van der Waals surface area contributed by atoms with Crippen LogP contribution in [0.1, 0.15) is 89.6 Å². The third-order valence-corrected chi connectivity index (χ3v) is 7.99. The Morgan fingerprint density at radius 3 is 2.26 bits per heavy atom. The molecule has 2 saturated carbocycles. The van der Waals surface area contributed by atoms with Crippen LogP contribution in [0.3, 0.4) is 0 Å². The number of carbonyl (C=O) groups is 3. The van der Waals surface area contributed by atoms with Crippen LogP contribution < -0.4 is 21.3 Å². The number of nitrogens with zero attached hydrogens (tertiary/aromatic N) is 2. The van der Waals surface area contributed by atoms with Gasteiger partial charge in [0.1, 0.15) is 10.9 Å². The summed E-state index contributed by atoms with van der Waals surface area (Å²) in [4.78, 5) is 41.6. The summed E-state index contributed by atoms with van der Waals surface area (Å²) < 4.78 is 4.24. The van der Waals surface area contributed by atoms with Crippen molar-refractivity contribution in [2.75, 3.05) is 10.6 Å². The SMILES string of the molecule is Cc1ccc(C)c(N(C(=O)c2snc(C(=O)NC3CCCC3)c2N)[C@H](C)C(=O)NC2CCCC2)c1. The highest BCUT2D eigenvalue weighted by Gasteiger charge is 2.34. The topological polar surface area (TPSA) is 117 Å². The minimum Gasteiger partial charge on any atom is -0.395 e. The highest BCUT2D eigenvalue weighted by atomic mass is 32.1. The molecule has 0 unspecified atom stereocenters. The van der Waals surface area contributed by atoms with E-state index in [0.29, 0.717) is 5.69 Å². The molecule has 1 aromatic carbocycles. The number of benzene rings is 1. The maximum absolute atomic E-state index is 13.9. The number of amides is 3. The molecule has 2 aliphatic carbocycles. The molecule has 9 heteroatoms. The fraction of sp³-hybridized carbons (Fsp3) is 0.538. The largest absolute Gasteiger partial charge is 0.395 e. The number of nitrogens with one attached hydrogen (secondary N) is 2. The van der Waals surface area contributed by atoms with Gasteiger partial charge in [-0.3, -0.25) is 19.3 Å². The van der Waals surface area contributed by atoms with E-state index in [1.807, 2.05) is 32.0 Å². The van der Waals surface area contributed by atoms with Crippen molar-refractivity contribution in [3.63, 3.8) is 0 Å². The van der Waals surface area contributed by atoms with Gasteiger partial charge in [0.15, 0.2) is 5.69 Å². The van der Waals surface area contributed by atoms with Gasteiger partial charge in [-0.15, -0.1) is 0 Å². The molecular weight excluding hydrogens is 462 g/mol. The van der Waals surface area contributed by atoms with Crippen LogP contribution in [0.5, 0.6) is 0 Å². The molecule has 1 aromatic heterocycles. The van der Waals surface area contributed by atoms with Crippen LogP contribution in [0.15, 0.2) is 18.2 Å². The first-order valence-corrected chi connectivity index (χ1v) is 13.3. The maximum Gasteiger partial charge on any atom is 0.273 e. The molecule has 4 rings (SSSR count). The minimum absolute atomic E-state index is 0.0641. The second-order valence-corrected chi connectivity index (χ2v) is 10.6. The lowest BCUT2D eigenvalue weighted by atomic mass is 10.1. The average Bonchev–Trinajstić information content (AvgIpc) is 3.59. The Morgan fingerprint density at radius 2 is 1.63 bits per heavy atom. The summed E-state index contributed by atoms with van der Waals surface area (Å²) in [6, 6.07) is 5.30. The lowest BCUT2D eigenvalue weighted by Gasteiger charge is -2.30. The van der Waals surface area contributed by atoms with Crippen molar-refractivity contribution in [3.8, 4) is 0 Å². The first kappa shape index (κ1) is 25.2. The number of hydrogen-bond donors (Lipinski definition) is 3.